The maximum absolute atomic E-state index is 12.4. The van der Waals surface area contributed by atoms with Crippen LogP contribution in [-0.4, -0.2) is 10.9 Å². The number of aryl methyl sites for hydroxylation is 3. The van der Waals surface area contributed by atoms with Gasteiger partial charge in [-0.1, -0.05) is 6.07 Å². The van der Waals surface area contributed by atoms with Crippen molar-refractivity contribution in [1.29, 1.82) is 0 Å². The predicted octanol–water partition coefficient (Wildman–Crippen LogP) is 4.47. The SMILES string of the molecule is Cc1cc(C(=O)Nc2ccc(C)c3ncccc23)sc1C. The Morgan fingerprint density at radius 1 is 1.14 bits per heavy atom. The van der Waals surface area contributed by atoms with Gasteiger partial charge in [0.2, 0.25) is 0 Å². The van der Waals surface area contributed by atoms with Crippen LogP contribution in [0.5, 0.6) is 0 Å². The molecule has 0 fully saturated rings. The maximum Gasteiger partial charge on any atom is 0.265 e. The molecule has 0 aliphatic rings. The summed E-state index contributed by atoms with van der Waals surface area (Å²) in [6, 6.07) is 9.72. The summed E-state index contributed by atoms with van der Waals surface area (Å²) in [4.78, 5) is 18.7. The van der Waals surface area contributed by atoms with E-state index in [0.29, 0.717) is 0 Å². The molecular formula is C17H16N2OS. The summed E-state index contributed by atoms with van der Waals surface area (Å²) in [5.74, 6) is -0.0646. The minimum absolute atomic E-state index is 0.0646. The average Bonchev–Trinajstić information content (AvgIpc) is 2.82. The van der Waals surface area contributed by atoms with Crippen LogP contribution in [0.2, 0.25) is 0 Å². The first-order chi connectivity index (χ1) is 10.1. The summed E-state index contributed by atoms with van der Waals surface area (Å²) in [6.45, 7) is 6.07. The van der Waals surface area contributed by atoms with E-state index in [1.165, 1.54) is 16.2 Å². The van der Waals surface area contributed by atoms with Crippen LogP contribution in [0, 0.1) is 20.8 Å². The Morgan fingerprint density at radius 3 is 2.67 bits per heavy atom. The highest BCUT2D eigenvalue weighted by Gasteiger charge is 2.12. The monoisotopic (exact) mass is 296 g/mol. The number of benzene rings is 1. The van der Waals surface area contributed by atoms with E-state index in [1.54, 1.807) is 6.20 Å². The number of carbonyl (C=O) groups excluding carboxylic acids is 1. The molecule has 1 amide bonds. The van der Waals surface area contributed by atoms with Gasteiger partial charge in [0.1, 0.15) is 0 Å². The van der Waals surface area contributed by atoms with Gasteiger partial charge in [0.15, 0.2) is 0 Å². The number of hydrogen-bond donors (Lipinski definition) is 1. The fourth-order valence-electron chi connectivity index (χ4n) is 2.29. The van der Waals surface area contributed by atoms with E-state index < -0.39 is 0 Å². The second kappa shape index (κ2) is 5.30. The molecule has 0 aliphatic heterocycles. The van der Waals surface area contributed by atoms with Gasteiger partial charge in [-0.25, -0.2) is 0 Å². The molecule has 2 aromatic heterocycles. The van der Waals surface area contributed by atoms with Crippen molar-refractivity contribution in [2.45, 2.75) is 20.8 Å². The van der Waals surface area contributed by atoms with E-state index in [-0.39, 0.29) is 5.91 Å². The molecule has 3 aromatic rings. The third kappa shape index (κ3) is 2.54. The van der Waals surface area contributed by atoms with Crippen LogP contribution < -0.4 is 5.32 Å². The van der Waals surface area contributed by atoms with Crippen LogP contribution in [0.4, 0.5) is 5.69 Å². The summed E-state index contributed by atoms with van der Waals surface area (Å²) in [7, 11) is 0. The number of nitrogens with zero attached hydrogens (tertiary/aromatic N) is 1. The van der Waals surface area contributed by atoms with Crippen LogP contribution in [-0.2, 0) is 0 Å². The molecule has 0 aliphatic carbocycles. The van der Waals surface area contributed by atoms with Crippen molar-refractivity contribution in [2.24, 2.45) is 0 Å². The number of amides is 1. The first kappa shape index (κ1) is 13.8. The lowest BCUT2D eigenvalue weighted by Crippen LogP contribution is -2.10. The minimum Gasteiger partial charge on any atom is -0.321 e. The Kier molecular flexibility index (Phi) is 3.47. The highest BCUT2D eigenvalue weighted by molar-refractivity contribution is 7.14. The third-order valence-electron chi connectivity index (χ3n) is 3.61. The van der Waals surface area contributed by atoms with Gasteiger partial charge in [-0.05, 0) is 56.2 Å². The predicted molar refractivity (Wildman–Crippen MR) is 88.2 cm³/mol. The third-order valence-corrected chi connectivity index (χ3v) is 4.76. The fourth-order valence-corrected chi connectivity index (χ4v) is 3.22. The lowest BCUT2D eigenvalue weighted by molar-refractivity contribution is 0.103. The van der Waals surface area contributed by atoms with Crippen molar-refractivity contribution in [1.82, 2.24) is 4.98 Å². The quantitative estimate of drug-likeness (QED) is 0.758. The van der Waals surface area contributed by atoms with Crippen LogP contribution in [0.1, 0.15) is 25.7 Å². The molecule has 21 heavy (non-hydrogen) atoms. The van der Waals surface area contributed by atoms with Crippen LogP contribution >= 0.6 is 11.3 Å². The summed E-state index contributed by atoms with van der Waals surface area (Å²) in [6.07, 6.45) is 1.77. The number of hydrogen-bond acceptors (Lipinski definition) is 3. The second-order valence-electron chi connectivity index (χ2n) is 5.13. The Hall–Kier alpha value is -2.20. The fraction of sp³-hybridized carbons (Fsp3) is 0.176. The molecule has 3 rings (SSSR count). The van der Waals surface area contributed by atoms with E-state index >= 15 is 0 Å². The first-order valence-electron chi connectivity index (χ1n) is 6.79. The van der Waals surface area contributed by atoms with Gasteiger partial charge in [-0.2, -0.15) is 0 Å². The summed E-state index contributed by atoms with van der Waals surface area (Å²) >= 11 is 1.52. The highest BCUT2D eigenvalue weighted by Crippen LogP contribution is 2.26. The Balaban J connectivity index is 1.98. The van der Waals surface area contributed by atoms with Gasteiger partial charge >= 0.3 is 0 Å². The summed E-state index contributed by atoms with van der Waals surface area (Å²) < 4.78 is 0. The number of anilines is 1. The summed E-state index contributed by atoms with van der Waals surface area (Å²) in [5.41, 5.74) is 3.98. The molecule has 3 nitrogen and oxygen atoms in total. The molecule has 0 unspecified atom stereocenters. The van der Waals surface area contributed by atoms with E-state index in [4.69, 9.17) is 0 Å². The zero-order valence-electron chi connectivity index (χ0n) is 12.2. The molecular weight excluding hydrogens is 280 g/mol. The van der Waals surface area contributed by atoms with E-state index in [0.717, 1.165) is 32.6 Å². The lowest BCUT2D eigenvalue weighted by Gasteiger charge is -2.09. The van der Waals surface area contributed by atoms with Gasteiger partial charge in [0.05, 0.1) is 16.1 Å². The second-order valence-corrected chi connectivity index (χ2v) is 6.39. The number of nitrogens with one attached hydrogen (secondary N) is 1. The molecule has 0 bridgehead atoms. The van der Waals surface area contributed by atoms with Gasteiger partial charge in [0.25, 0.3) is 5.91 Å². The molecule has 106 valence electrons. The van der Waals surface area contributed by atoms with Crippen molar-refractivity contribution in [3.05, 3.63) is 57.4 Å². The van der Waals surface area contributed by atoms with E-state index in [9.17, 15) is 4.79 Å². The number of fused-ring (bicyclic) bond motifs is 1. The Labute approximate surface area is 127 Å². The highest BCUT2D eigenvalue weighted by atomic mass is 32.1. The lowest BCUT2D eigenvalue weighted by atomic mass is 10.1. The smallest absolute Gasteiger partial charge is 0.265 e. The topological polar surface area (TPSA) is 42.0 Å². The van der Waals surface area contributed by atoms with Crippen molar-refractivity contribution >= 4 is 33.8 Å². The van der Waals surface area contributed by atoms with Gasteiger partial charge in [0, 0.05) is 16.5 Å². The largest absolute Gasteiger partial charge is 0.321 e. The van der Waals surface area contributed by atoms with Crippen LogP contribution in [0.25, 0.3) is 10.9 Å². The number of rotatable bonds is 2. The Bertz CT molecular complexity index is 816. The zero-order chi connectivity index (χ0) is 15.0. The van der Waals surface area contributed by atoms with E-state index in [1.807, 2.05) is 51.1 Å². The maximum atomic E-state index is 12.4. The molecule has 1 aromatic carbocycles. The number of carbonyl (C=O) groups is 1. The molecule has 2 heterocycles. The molecule has 0 spiro atoms. The molecule has 1 N–H and O–H groups in total. The van der Waals surface area contributed by atoms with Gasteiger partial charge in [-0.15, -0.1) is 11.3 Å². The van der Waals surface area contributed by atoms with Crippen molar-refractivity contribution in [3.8, 4) is 0 Å². The summed E-state index contributed by atoms with van der Waals surface area (Å²) in [5, 5.41) is 3.97. The average molecular weight is 296 g/mol. The van der Waals surface area contributed by atoms with Crippen molar-refractivity contribution < 1.29 is 4.79 Å². The van der Waals surface area contributed by atoms with Crippen LogP contribution in [0.3, 0.4) is 0 Å². The first-order valence-corrected chi connectivity index (χ1v) is 7.60. The normalized spacial score (nSPS) is 10.8. The van der Waals surface area contributed by atoms with Crippen LogP contribution in [0.15, 0.2) is 36.5 Å². The van der Waals surface area contributed by atoms with Crippen molar-refractivity contribution in [2.75, 3.05) is 5.32 Å². The zero-order valence-corrected chi connectivity index (χ0v) is 13.0. The number of pyridine rings is 1. The van der Waals surface area contributed by atoms with Gasteiger partial charge < -0.3 is 5.32 Å². The molecule has 0 radical (unpaired) electrons. The molecule has 0 atom stereocenters. The molecule has 0 saturated carbocycles. The number of aromatic nitrogens is 1. The van der Waals surface area contributed by atoms with Gasteiger partial charge in [-0.3, -0.25) is 9.78 Å². The molecule has 4 heteroatoms. The standard InChI is InChI=1S/C17H16N2OS/c1-10-6-7-14(13-5-4-8-18-16(10)13)19-17(20)15-9-11(2)12(3)21-15/h4-9H,1-3H3,(H,19,20). The van der Waals surface area contributed by atoms with Crippen molar-refractivity contribution in [3.63, 3.8) is 0 Å². The Morgan fingerprint density at radius 2 is 1.95 bits per heavy atom. The number of thiophene rings is 1. The molecule has 0 saturated heterocycles. The van der Waals surface area contributed by atoms with E-state index in [2.05, 4.69) is 10.3 Å². The minimum atomic E-state index is -0.0646.